The Bertz CT molecular complexity index is 1060. The Hall–Kier alpha value is -3.11. The van der Waals surface area contributed by atoms with Crippen LogP contribution in [0.5, 0.6) is 11.5 Å². The van der Waals surface area contributed by atoms with E-state index < -0.39 is 11.9 Å². The van der Waals surface area contributed by atoms with E-state index in [2.05, 4.69) is 11.9 Å². The monoisotopic (exact) mass is 515 g/mol. The number of amides is 1. The Morgan fingerprint density at radius 3 is 2.73 bits per heavy atom. The average molecular weight is 516 g/mol. The summed E-state index contributed by atoms with van der Waals surface area (Å²) in [4.78, 5) is 38.0. The molecule has 1 saturated heterocycles. The molecule has 0 spiro atoms. The van der Waals surface area contributed by atoms with Gasteiger partial charge in [0.15, 0.2) is 17.4 Å². The number of aryl methyl sites for hydroxylation is 2. The highest BCUT2D eigenvalue weighted by Crippen LogP contribution is 2.43. The van der Waals surface area contributed by atoms with Crippen molar-refractivity contribution in [3.05, 3.63) is 41.6 Å². The largest absolute Gasteiger partial charge is 0.481 e. The molecule has 10 heteroatoms. The average Bonchev–Trinajstić information content (AvgIpc) is 3.60. The number of carboxylic acid groups (broad SMARTS) is 1. The van der Waals surface area contributed by atoms with Gasteiger partial charge in [0.05, 0.1) is 25.3 Å². The van der Waals surface area contributed by atoms with Crippen molar-refractivity contribution >= 4 is 11.9 Å². The molecule has 1 aromatic heterocycles. The summed E-state index contributed by atoms with van der Waals surface area (Å²) in [5, 5.41) is 11.8. The zero-order valence-corrected chi connectivity index (χ0v) is 21.9. The molecule has 1 aromatic carbocycles. The van der Waals surface area contributed by atoms with Crippen LogP contribution in [0.25, 0.3) is 0 Å². The molecule has 2 aliphatic heterocycles. The Kier molecular flexibility index (Phi) is 9.04. The molecular formula is C27H37N3O7. The van der Waals surface area contributed by atoms with Gasteiger partial charge < -0.3 is 19.0 Å². The molecule has 2 aromatic rings. The van der Waals surface area contributed by atoms with Gasteiger partial charge in [0.25, 0.3) is 5.91 Å². The van der Waals surface area contributed by atoms with Crippen molar-refractivity contribution in [2.45, 2.75) is 64.8 Å². The fraction of sp³-hybridized carbons (Fsp3) is 0.593. The number of hydroxylamine groups is 2. The lowest BCUT2D eigenvalue weighted by Gasteiger charge is -2.29. The number of fused-ring (bicyclic) bond motifs is 1. The maximum Gasteiger partial charge on any atom is 0.308 e. The molecule has 1 fully saturated rings. The van der Waals surface area contributed by atoms with Crippen molar-refractivity contribution in [3.63, 3.8) is 0 Å². The number of oxazole rings is 1. The van der Waals surface area contributed by atoms with E-state index in [9.17, 15) is 14.7 Å². The molecule has 2 aliphatic rings. The van der Waals surface area contributed by atoms with E-state index >= 15 is 0 Å². The SMILES string of the molecule is CCCCN(OCCC)C(=O)CN1C[C@H](c2ccc3c(c2)OCO3)C(C(=O)O)[C@@H]1CCc1ncc(C)o1. The zero-order chi connectivity index (χ0) is 26.4. The summed E-state index contributed by atoms with van der Waals surface area (Å²) >= 11 is 0. The summed E-state index contributed by atoms with van der Waals surface area (Å²) in [6, 6.07) is 5.19. The third kappa shape index (κ3) is 6.42. The van der Waals surface area contributed by atoms with Gasteiger partial charge in [-0.05, 0) is 43.9 Å². The van der Waals surface area contributed by atoms with Crippen LogP contribution < -0.4 is 9.47 Å². The van der Waals surface area contributed by atoms with Gasteiger partial charge in [0, 0.05) is 31.5 Å². The molecule has 0 radical (unpaired) electrons. The second kappa shape index (κ2) is 12.4. The smallest absolute Gasteiger partial charge is 0.308 e. The van der Waals surface area contributed by atoms with E-state index in [4.69, 9.17) is 18.7 Å². The van der Waals surface area contributed by atoms with Crippen molar-refractivity contribution in [1.29, 1.82) is 0 Å². The predicted molar refractivity (Wildman–Crippen MR) is 134 cm³/mol. The first-order valence-corrected chi connectivity index (χ1v) is 13.1. The van der Waals surface area contributed by atoms with Crippen LogP contribution in [-0.4, -0.2) is 71.0 Å². The first-order valence-electron chi connectivity index (χ1n) is 13.1. The van der Waals surface area contributed by atoms with Gasteiger partial charge in [0.1, 0.15) is 5.76 Å². The molecule has 0 bridgehead atoms. The lowest BCUT2D eigenvalue weighted by atomic mass is 9.83. The van der Waals surface area contributed by atoms with E-state index in [1.807, 2.05) is 36.9 Å². The topological polar surface area (TPSA) is 115 Å². The maximum absolute atomic E-state index is 13.4. The molecule has 3 heterocycles. The van der Waals surface area contributed by atoms with Crippen LogP contribution in [0.1, 0.15) is 62.7 Å². The quantitative estimate of drug-likeness (QED) is 0.398. The summed E-state index contributed by atoms with van der Waals surface area (Å²) in [6.45, 7) is 7.51. The van der Waals surface area contributed by atoms with Gasteiger partial charge in [-0.15, -0.1) is 0 Å². The number of likely N-dealkylation sites (tertiary alicyclic amines) is 1. The number of nitrogens with zero attached hydrogens (tertiary/aromatic N) is 3. The maximum atomic E-state index is 13.4. The van der Waals surface area contributed by atoms with Gasteiger partial charge in [-0.1, -0.05) is 26.3 Å². The number of carboxylic acids is 1. The van der Waals surface area contributed by atoms with E-state index in [0.29, 0.717) is 55.7 Å². The summed E-state index contributed by atoms with van der Waals surface area (Å²) in [5.41, 5.74) is 0.855. The van der Waals surface area contributed by atoms with Crippen molar-refractivity contribution in [3.8, 4) is 11.5 Å². The molecular weight excluding hydrogens is 478 g/mol. The third-order valence-corrected chi connectivity index (χ3v) is 6.96. The summed E-state index contributed by atoms with van der Waals surface area (Å²) in [6.07, 6.45) is 5.20. The van der Waals surface area contributed by atoms with Gasteiger partial charge in [-0.25, -0.2) is 10.0 Å². The second-order valence-corrected chi connectivity index (χ2v) is 9.67. The fourth-order valence-electron chi connectivity index (χ4n) is 5.14. The molecule has 0 saturated carbocycles. The van der Waals surface area contributed by atoms with Crippen molar-refractivity contribution < 1.29 is 33.4 Å². The van der Waals surface area contributed by atoms with Crippen LogP contribution in [0.4, 0.5) is 0 Å². The van der Waals surface area contributed by atoms with Crippen LogP contribution in [0.2, 0.25) is 0 Å². The van der Waals surface area contributed by atoms with Crippen LogP contribution in [0, 0.1) is 12.8 Å². The molecule has 0 aliphatic carbocycles. The molecule has 4 rings (SSSR count). The van der Waals surface area contributed by atoms with E-state index in [1.165, 1.54) is 5.06 Å². The summed E-state index contributed by atoms with van der Waals surface area (Å²) in [7, 11) is 0. The number of rotatable bonds is 13. The highest BCUT2D eigenvalue weighted by Gasteiger charge is 2.47. The molecule has 3 atom stereocenters. The van der Waals surface area contributed by atoms with E-state index in [-0.39, 0.29) is 31.2 Å². The summed E-state index contributed by atoms with van der Waals surface area (Å²) in [5.74, 6) is 0.446. The van der Waals surface area contributed by atoms with E-state index in [0.717, 1.165) is 24.8 Å². The first-order chi connectivity index (χ1) is 17.9. The lowest BCUT2D eigenvalue weighted by Crippen LogP contribution is -2.44. The zero-order valence-electron chi connectivity index (χ0n) is 21.9. The number of aliphatic carboxylic acids is 1. The van der Waals surface area contributed by atoms with Crippen LogP contribution in [-0.2, 0) is 20.8 Å². The van der Waals surface area contributed by atoms with Crippen molar-refractivity contribution in [2.24, 2.45) is 5.92 Å². The number of hydrogen-bond donors (Lipinski definition) is 1. The number of carbonyl (C=O) groups excluding carboxylic acids is 1. The molecule has 1 amide bonds. The van der Waals surface area contributed by atoms with E-state index in [1.54, 1.807) is 6.20 Å². The summed E-state index contributed by atoms with van der Waals surface area (Å²) < 4.78 is 16.6. The standard InChI is InChI=1S/C27H37N3O7/c1-4-6-11-30(36-12-5-2)25(31)16-29-15-20(19-7-9-22-23(13-19)35-17-34-22)26(27(32)33)21(29)8-10-24-28-14-18(3)37-24/h7,9,13-14,20-21,26H,4-6,8,10-12,15-17H2,1-3H3,(H,32,33)/t20-,21+,26?/m1/s1. The molecule has 1 unspecified atom stereocenters. The number of benzene rings is 1. The van der Waals surface area contributed by atoms with Gasteiger partial charge in [0.2, 0.25) is 6.79 Å². The fourth-order valence-corrected chi connectivity index (χ4v) is 5.14. The first kappa shape index (κ1) is 26.9. The Labute approximate surface area is 217 Å². The Morgan fingerprint density at radius 1 is 1.22 bits per heavy atom. The number of unbranched alkanes of at least 4 members (excludes halogenated alkanes) is 1. The Balaban J connectivity index is 1.58. The number of carbonyl (C=O) groups is 2. The minimum atomic E-state index is -0.892. The third-order valence-electron chi connectivity index (χ3n) is 6.96. The highest BCUT2D eigenvalue weighted by molar-refractivity contribution is 5.78. The number of ether oxygens (including phenoxy) is 2. The highest BCUT2D eigenvalue weighted by atomic mass is 16.7. The van der Waals surface area contributed by atoms with Gasteiger partial charge in [-0.2, -0.15) is 0 Å². The normalized spacial score (nSPS) is 20.9. The minimum absolute atomic E-state index is 0.0769. The van der Waals surface area contributed by atoms with Crippen LogP contribution in [0.3, 0.4) is 0 Å². The molecule has 202 valence electrons. The van der Waals surface area contributed by atoms with Crippen LogP contribution >= 0.6 is 0 Å². The van der Waals surface area contributed by atoms with Gasteiger partial charge in [-0.3, -0.25) is 19.3 Å². The second-order valence-electron chi connectivity index (χ2n) is 9.67. The minimum Gasteiger partial charge on any atom is -0.481 e. The number of hydrogen-bond acceptors (Lipinski definition) is 8. The molecule has 1 N–H and O–H groups in total. The lowest BCUT2D eigenvalue weighted by molar-refractivity contribution is -0.188. The molecule has 10 nitrogen and oxygen atoms in total. The van der Waals surface area contributed by atoms with Crippen molar-refractivity contribution in [1.82, 2.24) is 14.9 Å². The van der Waals surface area contributed by atoms with Crippen LogP contribution in [0.15, 0.2) is 28.8 Å². The Morgan fingerprint density at radius 2 is 2.03 bits per heavy atom. The van der Waals surface area contributed by atoms with Crippen molar-refractivity contribution in [2.75, 3.05) is 33.0 Å². The van der Waals surface area contributed by atoms with Gasteiger partial charge >= 0.3 is 5.97 Å². The number of aromatic nitrogens is 1. The predicted octanol–water partition coefficient (Wildman–Crippen LogP) is 3.78. The molecule has 37 heavy (non-hydrogen) atoms.